The SMILES string of the molecule is CCCC(C)N(C)c1cc(C(N)=O)ccc1N. The predicted molar refractivity (Wildman–Crippen MR) is 72.1 cm³/mol. The van der Waals surface area contributed by atoms with Gasteiger partial charge in [0, 0.05) is 18.7 Å². The zero-order valence-corrected chi connectivity index (χ0v) is 10.7. The molecule has 4 heteroatoms. The van der Waals surface area contributed by atoms with Crippen molar-refractivity contribution in [2.75, 3.05) is 17.7 Å². The summed E-state index contributed by atoms with van der Waals surface area (Å²) in [5, 5.41) is 0. The molecule has 0 saturated carbocycles. The first kappa shape index (κ1) is 13.4. The highest BCUT2D eigenvalue weighted by Crippen LogP contribution is 2.26. The van der Waals surface area contributed by atoms with E-state index in [4.69, 9.17) is 11.5 Å². The molecule has 0 aliphatic rings. The van der Waals surface area contributed by atoms with Crippen LogP contribution < -0.4 is 16.4 Å². The zero-order valence-electron chi connectivity index (χ0n) is 10.7. The van der Waals surface area contributed by atoms with Crippen molar-refractivity contribution in [1.29, 1.82) is 0 Å². The van der Waals surface area contributed by atoms with E-state index in [0.717, 1.165) is 18.5 Å². The number of nitrogens with two attached hydrogens (primary N) is 2. The van der Waals surface area contributed by atoms with Crippen LogP contribution in [0.3, 0.4) is 0 Å². The van der Waals surface area contributed by atoms with E-state index >= 15 is 0 Å². The molecule has 1 atom stereocenters. The number of rotatable bonds is 5. The summed E-state index contributed by atoms with van der Waals surface area (Å²) in [5.74, 6) is -0.428. The third-order valence-electron chi connectivity index (χ3n) is 3.06. The van der Waals surface area contributed by atoms with Crippen molar-refractivity contribution in [2.24, 2.45) is 5.73 Å². The first-order valence-electron chi connectivity index (χ1n) is 5.89. The van der Waals surface area contributed by atoms with Gasteiger partial charge in [0.25, 0.3) is 0 Å². The molecule has 0 radical (unpaired) electrons. The van der Waals surface area contributed by atoms with Gasteiger partial charge in [-0.15, -0.1) is 0 Å². The number of hydrogen-bond acceptors (Lipinski definition) is 3. The van der Waals surface area contributed by atoms with Crippen LogP contribution in [0, 0.1) is 0 Å². The lowest BCUT2D eigenvalue weighted by molar-refractivity contribution is 0.100. The zero-order chi connectivity index (χ0) is 13.0. The number of nitrogen functional groups attached to an aromatic ring is 1. The Hall–Kier alpha value is -1.71. The normalized spacial score (nSPS) is 12.2. The molecule has 1 amide bonds. The highest BCUT2D eigenvalue weighted by molar-refractivity contribution is 5.95. The van der Waals surface area contributed by atoms with E-state index in [1.165, 1.54) is 0 Å². The summed E-state index contributed by atoms with van der Waals surface area (Å²) in [6, 6.07) is 5.51. The molecule has 0 spiro atoms. The molecule has 0 aliphatic carbocycles. The minimum atomic E-state index is -0.428. The molecule has 1 aromatic rings. The van der Waals surface area contributed by atoms with Crippen LogP contribution >= 0.6 is 0 Å². The highest BCUT2D eigenvalue weighted by atomic mass is 16.1. The van der Waals surface area contributed by atoms with E-state index in [0.29, 0.717) is 17.3 Å². The van der Waals surface area contributed by atoms with Gasteiger partial charge in [0.2, 0.25) is 5.91 Å². The molecule has 0 aromatic heterocycles. The van der Waals surface area contributed by atoms with Gasteiger partial charge in [-0.1, -0.05) is 13.3 Å². The monoisotopic (exact) mass is 235 g/mol. The maximum atomic E-state index is 11.1. The van der Waals surface area contributed by atoms with Gasteiger partial charge in [-0.3, -0.25) is 4.79 Å². The summed E-state index contributed by atoms with van der Waals surface area (Å²) in [6.45, 7) is 4.29. The summed E-state index contributed by atoms with van der Waals surface area (Å²) >= 11 is 0. The molecule has 0 aliphatic heterocycles. The molecule has 4 N–H and O–H groups in total. The van der Waals surface area contributed by atoms with Crippen LogP contribution in [0.2, 0.25) is 0 Å². The number of nitrogens with zero attached hydrogens (tertiary/aromatic N) is 1. The van der Waals surface area contributed by atoms with Crippen LogP contribution in [-0.4, -0.2) is 19.0 Å². The molecule has 0 bridgehead atoms. The second-order valence-corrected chi connectivity index (χ2v) is 4.39. The maximum Gasteiger partial charge on any atom is 0.248 e. The molecular formula is C13H21N3O. The molecule has 0 fully saturated rings. The third kappa shape index (κ3) is 3.12. The number of primary amides is 1. The standard InChI is InChI=1S/C13H21N3O/c1-4-5-9(2)16(3)12-8-10(13(15)17)6-7-11(12)14/h6-9H,4-5,14H2,1-3H3,(H2,15,17). The van der Waals surface area contributed by atoms with Crippen molar-refractivity contribution in [3.63, 3.8) is 0 Å². The van der Waals surface area contributed by atoms with Gasteiger partial charge >= 0.3 is 0 Å². The lowest BCUT2D eigenvalue weighted by Gasteiger charge is -2.28. The van der Waals surface area contributed by atoms with Crippen LogP contribution in [-0.2, 0) is 0 Å². The van der Waals surface area contributed by atoms with Crippen LogP contribution in [0.25, 0.3) is 0 Å². The van der Waals surface area contributed by atoms with E-state index < -0.39 is 5.91 Å². The first-order chi connectivity index (χ1) is 7.97. The summed E-state index contributed by atoms with van der Waals surface area (Å²) in [4.78, 5) is 13.2. The Kier molecular flexibility index (Phi) is 4.37. The Bertz CT molecular complexity index is 404. The van der Waals surface area contributed by atoms with Crippen molar-refractivity contribution < 1.29 is 4.79 Å². The number of carbonyl (C=O) groups excluding carboxylic acids is 1. The second-order valence-electron chi connectivity index (χ2n) is 4.39. The lowest BCUT2D eigenvalue weighted by atomic mass is 10.1. The molecule has 1 unspecified atom stereocenters. The second kappa shape index (κ2) is 5.57. The molecule has 1 rings (SSSR count). The van der Waals surface area contributed by atoms with E-state index in [1.807, 2.05) is 7.05 Å². The summed E-state index contributed by atoms with van der Waals surface area (Å²) in [7, 11) is 1.98. The van der Waals surface area contributed by atoms with Crippen LogP contribution in [0.5, 0.6) is 0 Å². The number of carbonyl (C=O) groups is 1. The van der Waals surface area contributed by atoms with Gasteiger partial charge in [-0.2, -0.15) is 0 Å². The summed E-state index contributed by atoms with van der Waals surface area (Å²) in [5.41, 5.74) is 13.2. The maximum absolute atomic E-state index is 11.1. The smallest absolute Gasteiger partial charge is 0.248 e. The quantitative estimate of drug-likeness (QED) is 0.767. The van der Waals surface area contributed by atoms with E-state index in [9.17, 15) is 4.79 Å². The fraction of sp³-hybridized carbons (Fsp3) is 0.462. The van der Waals surface area contributed by atoms with E-state index in [2.05, 4.69) is 18.7 Å². The third-order valence-corrected chi connectivity index (χ3v) is 3.06. The molecule has 1 aromatic carbocycles. The molecule has 0 saturated heterocycles. The topological polar surface area (TPSA) is 72.3 Å². The molecule has 17 heavy (non-hydrogen) atoms. The Morgan fingerprint density at radius 2 is 2.12 bits per heavy atom. The highest BCUT2D eigenvalue weighted by Gasteiger charge is 2.13. The number of benzene rings is 1. The number of anilines is 2. The van der Waals surface area contributed by atoms with Gasteiger partial charge in [-0.05, 0) is 31.5 Å². The minimum absolute atomic E-state index is 0.380. The van der Waals surface area contributed by atoms with Gasteiger partial charge in [0.15, 0.2) is 0 Å². The van der Waals surface area contributed by atoms with Crippen molar-refractivity contribution in [3.05, 3.63) is 23.8 Å². The molecule has 4 nitrogen and oxygen atoms in total. The Morgan fingerprint density at radius 3 is 2.65 bits per heavy atom. The van der Waals surface area contributed by atoms with Crippen LogP contribution in [0.1, 0.15) is 37.0 Å². The van der Waals surface area contributed by atoms with E-state index in [1.54, 1.807) is 18.2 Å². The summed E-state index contributed by atoms with van der Waals surface area (Å²) < 4.78 is 0. The van der Waals surface area contributed by atoms with Gasteiger partial charge < -0.3 is 16.4 Å². The first-order valence-corrected chi connectivity index (χ1v) is 5.89. The Morgan fingerprint density at radius 1 is 1.47 bits per heavy atom. The van der Waals surface area contributed by atoms with Crippen molar-refractivity contribution in [3.8, 4) is 0 Å². The van der Waals surface area contributed by atoms with E-state index in [-0.39, 0.29) is 0 Å². The van der Waals surface area contributed by atoms with Crippen molar-refractivity contribution in [2.45, 2.75) is 32.7 Å². The summed E-state index contributed by atoms with van der Waals surface area (Å²) in [6.07, 6.45) is 2.19. The van der Waals surface area contributed by atoms with Crippen molar-refractivity contribution >= 4 is 17.3 Å². The van der Waals surface area contributed by atoms with Crippen LogP contribution in [0.4, 0.5) is 11.4 Å². The fourth-order valence-corrected chi connectivity index (χ4v) is 1.85. The molecule has 94 valence electrons. The number of hydrogen-bond donors (Lipinski definition) is 2. The average molecular weight is 235 g/mol. The number of amides is 1. The largest absolute Gasteiger partial charge is 0.397 e. The average Bonchev–Trinajstić information content (AvgIpc) is 2.28. The van der Waals surface area contributed by atoms with Gasteiger partial charge in [0.05, 0.1) is 11.4 Å². The van der Waals surface area contributed by atoms with Gasteiger partial charge in [-0.25, -0.2) is 0 Å². The van der Waals surface area contributed by atoms with Crippen LogP contribution in [0.15, 0.2) is 18.2 Å². The van der Waals surface area contributed by atoms with Crippen molar-refractivity contribution in [1.82, 2.24) is 0 Å². The van der Waals surface area contributed by atoms with Gasteiger partial charge in [0.1, 0.15) is 0 Å². The lowest BCUT2D eigenvalue weighted by Crippen LogP contribution is -2.29. The molecule has 0 heterocycles. The Labute approximate surface area is 103 Å². The minimum Gasteiger partial charge on any atom is -0.397 e. The fourth-order valence-electron chi connectivity index (χ4n) is 1.85. The molecular weight excluding hydrogens is 214 g/mol. The Balaban J connectivity index is 3.03. The predicted octanol–water partition coefficient (Wildman–Crippen LogP) is 1.99.